The predicted molar refractivity (Wildman–Crippen MR) is 54.1 cm³/mol. The Balaban J connectivity index is 2.36. The molecule has 0 N–H and O–H groups in total. The normalized spacial score (nSPS) is 32.6. The van der Waals surface area contributed by atoms with Crippen molar-refractivity contribution in [2.45, 2.75) is 58.2 Å². The molecule has 0 radical (unpaired) electrons. The third-order valence-electron chi connectivity index (χ3n) is 2.62. The molecule has 3 nitrogen and oxygen atoms in total. The molecule has 2 unspecified atom stereocenters. The molecular formula is C11H20O3. The molecule has 1 aliphatic rings. The molecular weight excluding hydrogens is 180 g/mol. The summed E-state index contributed by atoms with van der Waals surface area (Å²) in [6, 6.07) is 0. The van der Waals surface area contributed by atoms with E-state index >= 15 is 0 Å². The molecule has 1 fully saturated rings. The van der Waals surface area contributed by atoms with Gasteiger partial charge in [0.15, 0.2) is 0 Å². The van der Waals surface area contributed by atoms with Crippen LogP contribution in [0.4, 0.5) is 0 Å². The number of carbonyl (C=O) groups is 1. The van der Waals surface area contributed by atoms with Crippen LogP contribution in [0.3, 0.4) is 0 Å². The van der Waals surface area contributed by atoms with E-state index in [0.29, 0.717) is 12.7 Å². The second kappa shape index (κ2) is 4.78. The molecule has 3 heteroatoms. The zero-order valence-corrected chi connectivity index (χ0v) is 9.34. The summed E-state index contributed by atoms with van der Waals surface area (Å²) in [6.45, 7) is 6.08. The Hall–Kier alpha value is -0.570. The summed E-state index contributed by atoms with van der Waals surface area (Å²) in [5.41, 5.74) is -0.393. The molecule has 0 aliphatic carbocycles. The van der Waals surface area contributed by atoms with E-state index in [4.69, 9.17) is 9.47 Å². The van der Waals surface area contributed by atoms with Gasteiger partial charge in [-0.2, -0.15) is 0 Å². The summed E-state index contributed by atoms with van der Waals surface area (Å²) >= 11 is 0. The van der Waals surface area contributed by atoms with Crippen molar-refractivity contribution in [3.8, 4) is 0 Å². The first-order valence-electron chi connectivity index (χ1n) is 5.37. The highest BCUT2D eigenvalue weighted by Gasteiger charge is 2.34. The zero-order chi connectivity index (χ0) is 10.6. The lowest BCUT2D eigenvalue weighted by atomic mass is 9.94. The van der Waals surface area contributed by atoms with Gasteiger partial charge in [-0.1, -0.05) is 13.3 Å². The molecule has 1 aliphatic heterocycles. The molecule has 14 heavy (non-hydrogen) atoms. The summed E-state index contributed by atoms with van der Waals surface area (Å²) < 4.78 is 10.9. The quantitative estimate of drug-likeness (QED) is 0.656. The summed E-state index contributed by atoms with van der Waals surface area (Å²) in [4.78, 5) is 10.8. The number of hydrogen-bond acceptors (Lipinski definition) is 3. The van der Waals surface area contributed by atoms with Crippen LogP contribution in [0.15, 0.2) is 0 Å². The highest BCUT2D eigenvalue weighted by molar-refractivity contribution is 5.66. The molecule has 2 atom stereocenters. The molecule has 1 rings (SSSR count). The number of hydrogen-bond donors (Lipinski definition) is 0. The minimum Gasteiger partial charge on any atom is -0.457 e. The van der Waals surface area contributed by atoms with Gasteiger partial charge in [-0.3, -0.25) is 4.79 Å². The summed E-state index contributed by atoms with van der Waals surface area (Å²) in [5, 5.41) is 0. The van der Waals surface area contributed by atoms with Crippen LogP contribution in [0, 0.1) is 0 Å². The van der Waals surface area contributed by atoms with Crippen LogP contribution in [0.1, 0.15) is 46.5 Å². The van der Waals surface area contributed by atoms with Gasteiger partial charge < -0.3 is 9.47 Å². The lowest BCUT2D eigenvalue weighted by molar-refractivity contribution is -0.175. The number of carbonyl (C=O) groups excluding carboxylic acids is 1. The number of esters is 1. The van der Waals surface area contributed by atoms with Crippen LogP contribution in [0.2, 0.25) is 0 Å². The fourth-order valence-corrected chi connectivity index (χ4v) is 1.89. The third-order valence-corrected chi connectivity index (χ3v) is 2.62. The van der Waals surface area contributed by atoms with Gasteiger partial charge in [-0.05, 0) is 26.2 Å². The monoisotopic (exact) mass is 200 g/mol. The molecule has 0 saturated carbocycles. The summed E-state index contributed by atoms with van der Waals surface area (Å²) in [6.07, 6.45) is 4.53. The Labute approximate surface area is 85.8 Å². The molecule has 82 valence electrons. The van der Waals surface area contributed by atoms with E-state index < -0.39 is 5.60 Å². The van der Waals surface area contributed by atoms with Crippen LogP contribution >= 0.6 is 0 Å². The predicted octanol–water partition coefficient (Wildman–Crippen LogP) is 2.29. The van der Waals surface area contributed by atoms with Crippen molar-refractivity contribution >= 4 is 5.97 Å². The summed E-state index contributed by atoms with van der Waals surface area (Å²) in [5.74, 6) is -0.218. The lowest BCUT2D eigenvalue weighted by Gasteiger charge is -2.36. The van der Waals surface area contributed by atoms with E-state index in [9.17, 15) is 4.79 Å². The SMILES string of the molecule is CCCC1CCC(C)(OC(C)=O)CO1. The fourth-order valence-electron chi connectivity index (χ4n) is 1.89. The van der Waals surface area contributed by atoms with Gasteiger partial charge in [-0.25, -0.2) is 0 Å². The lowest BCUT2D eigenvalue weighted by Crippen LogP contribution is -2.42. The van der Waals surface area contributed by atoms with Gasteiger partial charge in [0, 0.05) is 6.92 Å². The average Bonchev–Trinajstić information content (AvgIpc) is 2.08. The van der Waals surface area contributed by atoms with Crippen molar-refractivity contribution in [2.75, 3.05) is 6.61 Å². The van der Waals surface area contributed by atoms with Crippen LogP contribution in [0.5, 0.6) is 0 Å². The molecule has 0 amide bonds. The van der Waals surface area contributed by atoms with Gasteiger partial charge >= 0.3 is 5.97 Å². The van der Waals surface area contributed by atoms with Crippen LogP contribution in [-0.4, -0.2) is 24.3 Å². The Morgan fingerprint density at radius 3 is 2.79 bits per heavy atom. The van der Waals surface area contributed by atoms with Crippen LogP contribution in [-0.2, 0) is 14.3 Å². The van der Waals surface area contributed by atoms with E-state index in [2.05, 4.69) is 6.92 Å². The Morgan fingerprint density at radius 1 is 1.64 bits per heavy atom. The third kappa shape index (κ3) is 3.29. The molecule has 1 heterocycles. The van der Waals surface area contributed by atoms with E-state index in [1.165, 1.54) is 6.92 Å². The van der Waals surface area contributed by atoms with Gasteiger partial charge in [0.1, 0.15) is 5.60 Å². The van der Waals surface area contributed by atoms with Crippen molar-refractivity contribution in [1.82, 2.24) is 0 Å². The minimum absolute atomic E-state index is 0.218. The van der Waals surface area contributed by atoms with Crippen molar-refractivity contribution in [1.29, 1.82) is 0 Å². The topological polar surface area (TPSA) is 35.5 Å². The molecule has 0 spiro atoms. The second-order valence-electron chi connectivity index (χ2n) is 4.30. The van der Waals surface area contributed by atoms with E-state index in [1.807, 2.05) is 6.92 Å². The first-order valence-corrected chi connectivity index (χ1v) is 5.37. The molecule has 0 aromatic rings. The summed E-state index contributed by atoms with van der Waals surface area (Å²) in [7, 11) is 0. The van der Waals surface area contributed by atoms with Gasteiger partial charge in [0.05, 0.1) is 12.7 Å². The molecule has 1 saturated heterocycles. The molecule has 0 bridgehead atoms. The smallest absolute Gasteiger partial charge is 0.303 e. The van der Waals surface area contributed by atoms with Gasteiger partial charge in [0.25, 0.3) is 0 Å². The van der Waals surface area contributed by atoms with Gasteiger partial charge in [-0.15, -0.1) is 0 Å². The zero-order valence-electron chi connectivity index (χ0n) is 9.34. The van der Waals surface area contributed by atoms with Crippen LogP contribution < -0.4 is 0 Å². The molecule has 0 aromatic carbocycles. The minimum atomic E-state index is -0.393. The van der Waals surface area contributed by atoms with Crippen molar-refractivity contribution < 1.29 is 14.3 Å². The number of rotatable bonds is 3. The largest absolute Gasteiger partial charge is 0.457 e. The first kappa shape index (κ1) is 11.5. The average molecular weight is 200 g/mol. The Morgan fingerprint density at radius 2 is 2.36 bits per heavy atom. The maximum atomic E-state index is 10.8. The Bertz CT molecular complexity index is 193. The highest BCUT2D eigenvalue weighted by atomic mass is 16.6. The maximum Gasteiger partial charge on any atom is 0.303 e. The fraction of sp³-hybridized carbons (Fsp3) is 0.909. The highest BCUT2D eigenvalue weighted by Crippen LogP contribution is 2.28. The van der Waals surface area contributed by atoms with Crippen molar-refractivity contribution in [3.05, 3.63) is 0 Å². The van der Waals surface area contributed by atoms with E-state index in [0.717, 1.165) is 25.7 Å². The standard InChI is InChI=1S/C11H20O3/c1-4-5-10-6-7-11(3,8-13-10)14-9(2)12/h10H,4-8H2,1-3H3. The van der Waals surface area contributed by atoms with Gasteiger partial charge in [0.2, 0.25) is 0 Å². The maximum absolute atomic E-state index is 10.8. The van der Waals surface area contributed by atoms with Crippen molar-refractivity contribution in [2.24, 2.45) is 0 Å². The van der Waals surface area contributed by atoms with Crippen molar-refractivity contribution in [3.63, 3.8) is 0 Å². The van der Waals surface area contributed by atoms with E-state index in [1.54, 1.807) is 0 Å². The number of ether oxygens (including phenoxy) is 2. The van der Waals surface area contributed by atoms with Crippen LogP contribution in [0.25, 0.3) is 0 Å². The Kier molecular flexibility index (Phi) is 3.93. The first-order chi connectivity index (χ1) is 6.56. The molecule has 0 aromatic heterocycles. The van der Waals surface area contributed by atoms with E-state index in [-0.39, 0.29) is 5.97 Å². The second-order valence-corrected chi connectivity index (χ2v) is 4.30.